The summed E-state index contributed by atoms with van der Waals surface area (Å²) in [4.78, 5) is 31.3. The fraction of sp³-hybridized carbons (Fsp3) is 0.200. The van der Waals surface area contributed by atoms with Gasteiger partial charge in [0.25, 0.3) is 11.7 Å². The van der Waals surface area contributed by atoms with Crippen molar-refractivity contribution >= 4 is 28.4 Å². The number of Topliss-reactive ketones (excluding diaryl/α,β-unsaturated/α-hetero) is 1. The van der Waals surface area contributed by atoms with E-state index in [1.165, 1.54) is 29.2 Å². The summed E-state index contributed by atoms with van der Waals surface area (Å²) in [5.41, 5.74) is 4.22. The van der Waals surface area contributed by atoms with Gasteiger partial charge in [0.15, 0.2) is 0 Å². The van der Waals surface area contributed by atoms with E-state index < -0.39 is 23.5 Å². The summed E-state index contributed by atoms with van der Waals surface area (Å²) < 4.78 is 13.5. The number of carbonyl (C=O) groups excluding carboxylic acids is 2. The van der Waals surface area contributed by atoms with Crippen LogP contribution in [0.15, 0.2) is 84.6 Å². The van der Waals surface area contributed by atoms with Crippen molar-refractivity contribution in [2.75, 3.05) is 6.54 Å². The van der Waals surface area contributed by atoms with E-state index in [1.807, 2.05) is 54.7 Å². The van der Waals surface area contributed by atoms with Crippen molar-refractivity contribution in [3.8, 4) is 0 Å². The predicted octanol–water partition coefficient (Wildman–Crippen LogP) is 6.09. The lowest BCUT2D eigenvalue weighted by Crippen LogP contribution is -2.31. The summed E-state index contributed by atoms with van der Waals surface area (Å²) in [5.74, 6) is -1.83. The molecule has 0 aliphatic carbocycles. The van der Waals surface area contributed by atoms with E-state index in [1.54, 1.807) is 0 Å². The molecule has 5 rings (SSSR count). The molecule has 1 aliphatic heterocycles. The first-order chi connectivity index (χ1) is 17.3. The first kappa shape index (κ1) is 23.5. The molecule has 0 radical (unpaired) electrons. The Morgan fingerprint density at radius 3 is 2.39 bits per heavy atom. The molecule has 3 aromatic carbocycles. The number of fused-ring (bicyclic) bond motifs is 1. The van der Waals surface area contributed by atoms with Gasteiger partial charge in [-0.1, -0.05) is 56.3 Å². The normalized spacial score (nSPS) is 17.4. The van der Waals surface area contributed by atoms with Gasteiger partial charge in [-0.05, 0) is 59.4 Å². The number of ketones is 1. The molecule has 1 aromatic heterocycles. The van der Waals surface area contributed by atoms with Crippen molar-refractivity contribution in [3.05, 3.63) is 113 Å². The third kappa shape index (κ3) is 4.19. The number of aromatic nitrogens is 1. The molecule has 1 saturated heterocycles. The van der Waals surface area contributed by atoms with Gasteiger partial charge in [0.05, 0.1) is 11.6 Å². The molecule has 0 unspecified atom stereocenters. The summed E-state index contributed by atoms with van der Waals surface area (Å²) >= 11 is 0. The monoisotopic (exact) mass is 482 g/mol. The van der Waals surface area contributed by atoms with Gasteiger partial charge in [0, 0.05) is 29.2 Å². The van der Waals surface area contributed by atoms with Crippen LogP contribution in [0.25, 0.3) is 16.7 Å². The number of aromatic amines is 1. The number of nitrogens with zero attached hydrogens (tertiary/aromatic N) is 1. The zero-order valence-corrected chi connectivity index (χ0v) is 20.2. The number of amides is 1. The number of aliphatic hydroxyl groups excluding tert-OH is 1. The minimum absolute atomic E-state index is 0.0165. The lowest BCUT2D eigenvalue weighted by Gasteiger charge is -2.25. The molecular weight excluding hydrogens is 455 g/mol. The van der Waals surface area contributed by atoms with E-state index >= 15 is 0 Å². The number of likely N-dealkylation sites (tertiary alicyclic amines) is 1. The van der Waals surface area contributed by atoms with Gasteiger partial charge in [-0.15, -0.1) is 0 Å². The van der Waals surface area contributed by atoms with Crippen molar-refractivity contribution in [2.24, 2.45) is 0 Å². The van der Waals surface area contributed by atoms with Crippen LogP contribution in [0.3, 0.4) is 0 Å². The molecular formula is C30H27FN2O3. The van der Waals surface area contributed by atoms with Gasteiger partial charge in [-0.3, -0.25) is 9.59 Å². The highest BCUT2D eigenvalue weighted by Crippen LogP contribution is 2.40. The Balaban J connectivity index is 1.56. The largest absolute Gasteiger partial charge is 0.507 e. The highest BCUT2D eigenvalue weighted by atomic mass is 19.1. The number of benzene rings is 3. The molecule has 4 aromatic rings. The molecule has 0 saturated carbocycles. The van der Waals surface area contributed by atoms with Crippen LogP contribution in [0.5, 0.6) is 0 Å². The van der Waals surface area contributed by atoms with Crippen LogP contribution in [-0.2, 0) is 16.0 Å². The highest BCUT2D eigenvalue weighted by molar-refractivity contribution is 6.46. The summed E-state index contributed by atoms with van der Waals surface area (Å²) in [6, 6.07) is 20.2. The number of H-pyrrole nitrogens is 1. The molecule has 6 heteroatoms. The minimum Gasteiger partial charge on any atom is -0.507 e. The number of aliphatic hydroxyl groups is 1. The first-order valence-electron chi connectivity index (χ1n) is 12.0. The van der Waals surface area contributed by atoms with E-state index in [9.17, 15) is 19.1 Å². The van der Waals surface area contributed by atoms with E-state index in [0.717, 1.165) is 27.6 Å². The average Bonchev–Trinajstić information content (AvgIpc) is 3.41. The standard InChI is InChI=1S/C30H27FN2O3/c1-18(2)19-7-9-20(10-8-19)27-26(28(34)21-11-13-23(31)14-12-21)29(35)30(36)33(27)16-15-22-17-32-25-6-4-3-5-24(22)25/h3-14,17-18,27,32,34H,15-16H2,1-2H3/t27-/m0/s1. The predicted molar refractivity (Wildman–Crippen MR) is 138 cm³/mol. The number of hydrogen-bond acceptors (Lipinski definition) is 3. The Morgan fingerprint density at radius 1 is 1.00 bits per heavy atom. The third-order valence-corrected chi connectivity index (χ3v) is 6.87. The van der Waals surface area contributed by atoms with Crippen LogP contribution in [0, 0.1) is 5.82 Å². The Morgan fingerprint density at radius 2 is 1.69 bits per heavy atom. The SMILES string of the molecule is CC(C)c1ccc([C@H]2C(=C(O)c3ccc(F)cc3)C(=O)C(=O)N2CCc2c[nH]c3ccccc23)cc1. The van der Waals surface area contributed by atoms with Crippen LogP contribution in [-0.4, -0.2) is 33.2 Å². The summed E-state index contributed by atoms with van der Waals surface area (Å²) in [7, 11) is 0. The van der Waals surface area contributed by atoms with Gasteiger partial charge in [-0.2, -0.15) is 0 Å². The molecule has 2 heterocycles. The third-order valence-electron chi connectivity index (χ3n) is 6.87. The second-order valence-corrected chi connectivity index (χ2v) is 9.43. The molecule has 5 nitrogen and oxygen atoms in total. The smallest absolute Gasteiger partial charge is 0.295 e. The van der Waals surface area contributed by atoms with Gasteiger partial charge in [0.2, 0.25) is 0 Å². The lowest BCUT2D eigenvalue weighted by molar-refractivity contribution is -0.139. The molecule has 0 bridgehead atoms. The summed E-state index contributed by atoms with van der Waals surface area (Å²) in [6.07, 6.45) is 2.46. The van der Waals surface area contributed by atoms with Gasteiger partial charge in [0.1, 0.15) is 11.6 Å². The van der Waals surface area contributed by atoms with Gasteiger partial charge < -0.3 is 15.0 Å². The van der Waals surface area contributed by atoms with E-state index in [4.69, 9.17) is 0 Å². The van der Waals surface area contributed by atoms with E-state index in [2.05, 4.69) is 18.8 Å². The molecule has 0 spiro atoms. The second-order valence-electron chi connectivity index (χ2n) is 9.43. The maximum Gasteiger partial charge on any atom is 0.295 e. The molecule has 1 fully saturated rings. The van der Waals surface area contributed by atoms with Gasteiger partial charge >= 0.3 is 0 Å². The Kier molecular flexibility index (Phi) is 6.18. The number of hydrogen-bond donors (Lipinski definition) is 2. The second kappa shape index (κ2) is 9.46. The quantitative estimate of drug-likeness (QED) is 0.198. The zero-order valence-electron chi connectivity index (χ0n) is 20.2. The molecule has 2 N–H and O–H groups in total. The van der Waals surface area contributed by atoms with Crippen molar-refractivity contribution in [3.63, 3.8) is 0 Å². The Hall–Kier alpha value is -4.19. The Labute approximate surface area is 208 Å². The first-order valence-corrected chi connectivity index (χ1v) is 12.0. The number of halogens is 1. The summed E-state index contributed by atoms with van der Waals surface area (Å²) in [6.45, 7) is 4.48. The van der Waals surface area contributed by atoms with Crippen molar-refractivity contribution < 1.29 is 19.1 Å². The Bertz CT molecular complexity index is 1470. The van der Waals surface area contributed by atoms with Crippen molar-refractivity contribution in [1.82, 2.24) is 9.88 Å². The zero-order chi connectivity index (χ0) is 25.4. The number of nitrogens with one attached hydrogen (secondary N) is 1. The highest BCUT2D eigenvalue weighted by Gasteiger charge is 2.45. The fourth-order valence-electron chi connectivity index (χ4n) is 4.86. The van der Waals surface area contributed by atoms with Crippen LogP contribution in [0.2, 0.25) is 0 Å². The molecule has 182 valence electrons. The topological polar surface area (TPSA) is 73.4 Å². The van der Waals surface area contributed by atoms with Crippen LogP contribution in [0.4, 0.5) is 4.39 Å². The lowest BCUT2D eigenvalue weighted by atomic mass is 9.93. The molecule has 1 aliphatic rings. The van der Waals surface area contributed by atoms with Crippen LogP contribution in [0.1, 0.15) is 48.1 Å². The number of carbonyl (C=O) groups is 2. The van der Waals surface area contributed by atoms with Crippen LogP contribution < -0.4 is 0 Å². The maximum absolute atomic E-state index is 13.5. The summed E-state index contributed by atoms with van der Waals surface area (Å²) in [5, 5.41) is 12.2. The average molecular weight is 483 g/mol. The number of rotatable bonds is 6. The van der Waals surface area contributed by atoms with Crippen LogP contribution >= 0.6 is 0 Å². The van der Waals surface area contributed by atoms with E-state index in [0.29, 0.717) is 18.9 Å². The van der Waals surface area contributed by atoms with Crippen molar-refractivity contribution in [2.45, 2.75) is 32.2 Å². The maximum atomic E-state index is 13.5. The van der Waals surface area contributed by atoms with Crippen molar-refractivity contribution in [1.29, 1.82) is 0 Å². The molecule has 36 heavy (non-hydrogen) atoms. The van der Waals surface area contributed by atoms with Gasteiger partial charge in [-0.25, -0.2) is 4.39 Å². The number of para-hydroxylation sites is 1. The molecule has 1 amide bonds. The van der Waals surface area contributed by atoms with E-state index in [-0.39, 0.29) is 16.9 Å². The minimum atomic E-state index is -0.749. The fourth-order valence-corrected chi connectivity index (χ4v) is 4.86. The molecule has 1 atom stereocenters.